The van der Waals surface area contributed by atoms with E-state index in [-0.39, 0.29) is 6.42 Å². The standard InChI is InChI=1S/C10H13NO3S/c1-6-7(3-9(12)13)8-4-14-5-11(2)10(8)15-6/h3-5H2,1-2H3,(H,12,13). The maximum atomic E-state index is 10.7. The van der Waals surface area contributed by atoms with E-state index in [9.17, 15) is 4.79 Å². The van der Waals surface area contributed by atoms with Gasteiger partial charge in [-0.1, -0.05) is 0 Å². The summed E-state index contributed by atoms with van der Waals surface area (Å²) in [5, 5.41) is 9.98. The van der Waals surface area contributed by atoms with Crippen molar-refractivity contribution in [1.82, 2.24) is 0 Å². The molecule has 0 spiro atoms. The van der Waals surface area contributed by atoms with Crippen LogP contribution in [-0.2, 0) is 22.6 Å². The largest absolute Gasteiger partial charge is 0.481 e. The van der Waals surface area contributed by atoms with E-state index in [1.165, 1.54) is 0 Å². The Kier molecular flexibility index (Phi) is 2.67. The number of aliphatic carboxylic acids is 1. The molecule has 0 amide bonds. The van der Waals surface area contributed by atoms with Gasteiger partial charge in [-0.2, -0.15) is 0 Å². The lowest BCUT2D eigenvalue weighted by Gasteiger charge is -2.24. The minimum absolute atomic E-state index is 0.0921. The summed E-state index contributed by atoms with van der Waals surface area (Å²) in [6, 6.07) is 0. The van der Waals surface area contributed by atoms with Crippen LogP contribution in [0.15, 0.2) is 0 Å². The molecule has 1 aliphatic rings. The average Bonchev–Trinajstić information content (AvgIpc) is 2.45. The van der Waals surface area contributed by atoms with Gasteiger partial charge in [-0.3, -0.25) is 4.79 Å². The van der Waals surface area contributed by atoms with Gasteiger partial charge in [-0.15, -0.1) is 11.3 Å². The van der Waals surface area contributed by atoms with Gasteiger partial charge in [0.25, 0.3) is 0 Å². The van der Waals surface area contributed by atoms with Crippen LogP contribution in [0.25, 0.3) is 0 Å². The van der Waals surface area contributed by atoms with E-state index >= 15 is 0 Å². The van der Waals surface area contributed by atoms with Crippen molar-refractivity contribution in [3.63, 3.8) is 0 Å². The second-order valence-electron chi connectivity index (χ2n) is 3.67. The van der Waals surface area contributed by atoms with Crippen molar-refractivity contribution >= 4 is 22.3 Å². The molecule has 0 unspecified atom stereocenters. The zero-order valence-electron chi connectivity index (χ0n) is 8.74. The van der Waals surface area contributed by atoms with E-state index < -0.39 is 5.97 Å². The van der Waals surface area contributed by atoms with Crippen molar-refractivity contribution in [2.45, 2.75) is 20.0 Å². The molecule has 0 radical (unpaired) electrons. The first-order chi connectivity index (χ1) is 7.09. The van der Waals surface area contributed by atoms with Crippen LogP contribution in [0.1, 0.15) is 16.0 Å². The lowest BCUT2D eigenvalue weighted by atomic mass is 10.1. The summed E-state index contributed by atoms with van der Waals surface area (Å²) in [7, 11) is 1.96. The third-order valence-electron chi connectivity index (χ3n) is 2.50. The van der Waals surface area contributed by atoms with Crippen LogP contribution in [-0.4, -0.2) is 24.9 Å². The van der Waals surface area contributed by atoms with Crippen molar-refractivity contribution < 1.29 is 14.6 Å². The number of rotatable bonds is 2. The van der Waals surface area contributed by atoms with E-state index in [1.807, 2.05) is 18.9 Å². The predicted octanol–water partition coefficient (Wildman–Crippen LogP) is 1.61. The molecular weight excluding hydrogens is 214 g/mol. The zero-order chi connectivity index (χ0) is 11.0. The highest BCUT2D eigenvalue weighted by molar-refractivity contribution is 7.16. The first kappa shape index (κ1) is 10.4. The van der Waals surface area contributed by atoms with Crippen LogP contribution in [0.3, 0.4) is 0 Å². The summed E-state index contributed by atoms with van der Waals surface area (Å²) in [4.78, 5) is 13.8. The molecule has 1 aromatic heterocycles. The highest BCUT2D eigenvalue weighted by Gasteiger charge is 2.23. The first-order valence-corrected chi connectivity index (χ1v) is 5.53. The van der Waals surface area contributed by atoms with Crippen molar-refractivity contribution in [3.05, 3.63) is 16.0 Å². The number of carbonyl (C=O) groups is 1. The molecule has 15 heavy (non-hydrogen) atoms. The number of carboxylic acid groups (broad SMARTS) is 1. The van der Waals surface area contributed by atoms with Gasteiger partial charge in [0.05, 0.1) is 18.0 Å². The summed E-state index contributed by atoms with van der Waals surface area (Å²) >= 11 is 1.65. The van der Waals surface area contributed by atoms with Crippen LogP contribution in [0.4, 0.5) is 5.00 Å². The molecule has 5 heteroatoms. The Labute approximate surface area is 92.1 Å². The van der Waals surface area contributed by atoms with Crippen molar-refractivity contribution in [2.24, 2.45) is 0 Å². The van der Waals surface area contributed by atoms with E-state index in [4.69, 9.17) is 9.84 Å². The van der Waals surface area contributed by atoms with Crippen LogP contribution in [0.2, 0.25) is 0 Å². The SMILES string of the molecule is Cc1sc2c(c1CC(=O)O)COCN2C. The molecular formula is C10H13NO3S. The van der Waals surface area contributed by atoms with Crippen LogP contribution in [0, 0.1) is 6.92 Å². The Morgan fingerprint density at radius 3 is 3.07 bits per heavy atom. The lowest BCUT2D eigenvalue weighted by Crippen LogP contribution is -2.25. The fourth-order valence-electron chi connectivity index (χ4n) is 1.79. The predicted molar refractivity (Wildman–Crippen MR) is 58.5 cm³/mol. The van der Waals surface area contributed by atoms with E-state index in [2.05, 4.69) is 0 Å². The highest BCUT2D eigenvalue weighted by atomic mass is 32.1. The van der Waals surface area contributed by atoms with Crippen LogP contribution < -0.4 is 4.90 Å². The summed E-state index contributed by atoms with van der Waals surface area (Å²) in [6.45, 7) is 3.08. The highest BCUT2D eigenvalue weighted by Crippen LogP contribution is 2.38. The minimum Gasteiger partial charge on any atom is -0.481 e. The van der Waals surface area contributed by atoms with Crippen LogP contribution >= 0.6 is 11.3 Å². The monoisotopic (exact) mass is 227 g/mol. The number of carboxylic acids is 1. The molecule has 0 aromatic carbocycles. The molecule has 0 bridgehead atoms. The molecule has 0 atom stereocenters. The molecule has 0 saturated heterocycles. The third kappa shape index (κ3) is 1.85. The second kappa shape index (κ2) is 3.83. The van der Waals surface area contributed by atoms with Gasteiger partial charge in [0.1, 0.15) is 6.73 Å². The van der Waals surface area contributed by atoms with Crippen molar-refractivity contribution in [3.8, 4) is 0 Å². The van der Waals surface area contributed by atoms with Gasteiger partial charge in [-0.05, 0) is 12.5 Å². The minimum atomic E-state index is -0.785. The van der Waals surface area contributed by atoms with E-state index in [0.29, 0.717) is 13.3 Å². The molecule has 0 saturated carbocycles. The van der Waals surface area contributed by atoms with Crippen LogP contribution in [0.5, 0.6) is 0 Å². The zero-order valence-corrected chi connectivity index (χ0v) is 9.56. The quantitative estimate of drug-likeness (QED) is 0.834. The van der Waals surface area contributed by atoms with Gasteiger partial charge < -0.3 is 14.7 Å². The number of hydrogen-bond acceptors (Lipinski definition) is 4. The molecule has 2 heterocycles. The van der Waals surface area contributed by atoms with Gasteiger partial charge in [-0.25, -0.2) is 0 Å². The number of thiophene rings is 1. The molecule has 82 valence electrons. The van der Waals surface area contributed by atoms with Gasteiger partial charge in [0.2, 0.25) is 0 Å². The van der Waals surface area contributed by atoms with E-state index in [0.717, 1.165) is 21.0 Å². The molecule has 0 aliphatic carbocycles. The van der Waals surface area contributed by atoms with E-state index in [1.54, 1.807) is 11.3 Å². The summed E-state index contributed by atoms with van der Waals surface area (Å²) in [5.74, 6) is -0.785. The maximum absolute atomic E-state index is 10.7. The van der Waals surface area contributed by atoms with Crippen molar-refractivity contribution in [1.29, 1.82) is 0 Å². The van der Waals surface area contributed by atoms with Gasteiger partial charge >= 0.3 is 5.97 Å². The molecule has 1 aliphatic heterocycles. The number of ether oxygens (including phenoxy) is 1. The van der Waals surface area contributed by atoms with Gasteiger partial charge in [0.15, 0.2) is 0 Å². The Hall–Kier alpha value is -1.07. The second-order valence-corrected chi connectivity index (χ2v) is 4.87. The maximum Gasteiger partial charge on any atom is 0.307 e. The molecule has 1 N–H and O–H groups in total. The lowest BCUT2D eigenvalue weighted by molar-refractivity contribution is -0.136. The fourth-order valence-corrected chi connectivity index (χ4v) is 2.92. The Morgan fingerprint density at radius 1 is 1.67 bits per heavy atom. The summed E-state index contributed by atoms with van der Waals surface area (Å²) in [5.41, 5.74) is 1.97. The number of hydrogen-bond donors (Lipinski definition) is 1. The average molecular weight is 227 g/mol. The Morgan fingerprint density at radius 2 is 2.40 bits per heavy atom. The molecule has 4 nitrogen and oxygen atoms in total. The fraction of sp³-hybridized carbons (Fsp3) is 0.500. The first-order valence-electron chi connectivity index (χ1n) is 4.71. The molecule has 1 aromatic rings. The summed E-state index contributed by atoms with van der Waals surface area (Å²) < 4.78 is 5.38. The number of anilines is 1. The Bertz CT molecular complexity index is 400. The third-order valence-corrected chi connectivity index (χ3v) is 3.81. The topological polar surface area (TPSA) is 49.8 Å². The summed E-state index contributed by atoms with van der Waals surface area (Å²) in [6.07, 6.45) is 0.0921. The normalized spacial score (nSPS) is 15.2. The number of nitrogens with zero attached hydrogens (tertiary/aromatic N) is 1. The van der Waals surface area contributed by atoms with Crippen molar-refractivity contribution in [2.75, 3.05) is 18.7 Å². The smallest absolute Gasteiger partial charge is 0.307 e. The molecule has 0 fully saturated rings. The molecule has 2 rings (SSSR count). The number of fused-ring (bicyclic) bond motifs is 1. The number of aryl methyl sites for hydroxylation is 1. The Balaban J connectivity index is 2.42. The van der Waals surface area contributed by atoms with Gasteiger partial charge in [0, 0.05) is 17.5 Å².